The number of carbonyl (C=O) groups excluding carboxylic acids is 1. The van der Waals surface area contributed by atoms with E-state index >= 15 is 0 Å². The minimum atomic E-state index is -3.96. The minimum absolute atomic E-state index is 0.0660. The fourth-order valence-electron chi connectivity index (χ4n) is 2.70. The van der Waals surface area contributed by atoms with Crippen LogP contribution in [0.15, 0.2) is 64.0 Å². The van der Waals surface area contributed by atoms with Crippen molar-refractivity contribution in [2.24, 2.45) is 0 Å². The zero-order valence-corrected chi connectivity index (χ0v) is 17.7. The van der Waals surface area contributed by atoms with E-state index in [1.54, 1.807) is 19.1 Å². The molecule has 0 spiro atoms. The molecule has 144 valence electrons. The van der Waals surface area contributed by atoms with Gasteiger partial charge in [0.05, 0.1) is 0 Å². The molecule has 7 nitrogen and oxygen atoms in total. The number of aryl methyl sites for hydroxylation is 1. The Bertz CT molecular complexity index is 1140. The average molecular weight is 461 g/mol. The number of benzene rings is 2. The average Bonchev–Trinajstić information content (AvgIpc) is 3.08. The summed E-state index contributed by atoms with van der Waals surface area (Å²) in [5, 5.41) is 12.9. The Morgan fingerprint density at radius 2 is 1.61 bits per heavy atom. The Labute approximate surface area is 165 Å². The van der Waals surface area contributed by atoms with Crippen LogP contribution in [-0.4, -0.2) is 42.7 Å². The van der Waals surface area contributed by atoms with Crippen molar-refractivity contribution in [1.29, 1.82) is 0 Å². The number of rotatable bonds is 6. The standard InChI is InChI=1S/C19H16AsNO6S/c1-12-16(17(21-27-12)14-6-4-3-5-7-14)13-8-10-15(11-9-13)28(25,26)20(2)18(22)19(23)24/h3-11H,1-2H3,(H,23,24). The van der Waals surface area contributed by atoms with Gasteiger partial charge in [0.25, 0.3) is 0 Å². The Hall–Kier alpha value is -2.70. The van der Waals surface area contributed by atoms with Gasteiger partial charge in [-0.3, -0.25) is 0 Å². The first kappa shape index (κ1) is 20.0. The molecule has 1 unspecified atom stereocenters. The van der Waals surface area contributed by atoms with E-state index in [2.05, 4.69) is 5.16 Å². The molecule has 0 fully saturated rings. The first-order chi connectivity index (χ1) is 13.2. The second-order valence-corrected chi connectivity index (χ2v) is 16.2. The molecule has 1 heterocycles. The molecule has 1 N–H and O–H groups in total. The SMILES string of the molecule is Cc1onc(-c2ccccc2)c1-c1ccc(S(=O)(=O)[As](C)C(=O)C(=O)O)cc1. The molecule has 9 heteroatoms. The number of nitrogens with zero attached hydrogens (tertiary/aromatic N) is 1. The molecule has 0 aliphatic carbocycles. The molecular weight excluding hydrogens is 445 g/mol. The van der Waals surface area contributed by atoms with Crippen molar-refractivity contribution in [3.63, 3.8) is 0 Å². The normalized spacial score (nSPS) is 12.5. The molecule has 0 bridgehead atoms. The van der Waals surface area contributed by atoms with Crippen LogP contribution in [0.5, 0.6) is 0 Å². The maximum absolute atomic E-state index is 12.6. The van der Waals surface area contributed by atoms with Crippen LogP contribution in [0.4, 0.5) is 0 Å². The van der Waals surface area contributed by atoms with Gasteiger partial charge in [-0.05, 0) is 0 Å². The Morgan fingerprint density at radius 1 is 1.00 bits per heavy atom. The molecule has 0 radical (unpaired) electrons. The van der Waals surface area contributed by atoms with Gasteiger partial charge in [0.15, 0.2) is 0 Å². The first-order valence-corrected chi connectivity index (χ1v) is 14.7. The molecule has 0 saturated carbocycles. The molecule has 0 saturated heterocycles. The Morgan fingerprint density at radius 3 is 2.18 bits per heavy atom. The monoisotopic (exact) mass is 461 g/mol. The van der Waals surface area contributed by atoms with Gasteiger partial charge in [-0.1, -0.05) is 0 Å². The van der Waals surface area contributed by atoms with Crippen molar-refractivity contribution in [3.05, 3.63) is 60.4 Å². The molecule has 3 aromatic rings. The number of hydrogen-bond donors (Lipinski definition) is 1. The van der Waals surface area contributed by atoms with Crippen molar-refractivity contribution < 1.29 is 27.6 Å². The number of aliphatic carboxylic acids is 1. The van der Waals surface area contributed by atoms with Gasteiger partial charge in [0, 0.05) is 0 Å². The zero-order chi connectivity index (χ0) is 20.5. The third kappa shape index (κ3) is 3.65. The van der Waals surface area contributed by atoms with Crippen molar-refractivity contribution >= 4 is 32.1 Å². The van der Waals surface area contributed by atoms with Crippen LogP contribution < -0.4 is 0 Å². The van der Waals surface area contributed by atoms with Gasteiger partial charge in [-0.15, -0.1) is 0 Å². The van der Waals surface area contributed by atoms with Crippen LogP contribution >= 0.6 is 0 Å². The van der Waals surface area contributed by atoms with E-state index in [0.717, 1.165) is 11.1 Å². The van der Waals surface area contributed by atoms with Gasteiger partial charge in [-0.25, -0.2) is 0 Å². The van der Waals surface area contributed by atoms with E-state index in [-0.39, 0.29) is 4.90 Å². The van der Waals surface area contributed by atoms with Crippen LogP contribution in [0.3, 0.4) is 0 Å². The number of hydrogen-bond acceptors (Lipinski definition) is 6. The summed E-state index contributed by atoms with van der Waals surface area (Å²) < 4.78 is 29.3. The molecule has 28 heavy (non-hydrogen) atoms. The Kier molecular flexibility index (Phi) is 5.54. The predicted molar refractivity (Wildman–Crippen MR) is 104 cm³/mol. The Balaban J connectivity index is 2.00. The molecule has 3 rings (SSSR count). The quantitative estimate of drug-likeness (QED) is 0.444. The van der Waals surface area contributed by atoms with Gasteiger partial charge in [-0.2, -0.15) is 0 Å². The van der Waals surface area contributed by atoms with Crippen molar-refractivity contribution in [2.75, 3.05) is 0 Å². The summed E-state index contributed by atoms with van der Waals surface area (Å²) in [6, 6.07) is 15.4. The number of carbonyl (C=O) groups is 2. The molecule has 2 aromatic carbocycles. The summed E-state index contributed by atoms with van der Waals surface area (Å²) in [4.78, 5) is 22.4. The summed E-state index contributed by atoms with van der Waals surface area (Å²) in [5.74, 6) is -1.13. The van der Waals surface area contributed by atoms with Crippen LogP contribution in [-0.2, 0) is 17.7 Å². The zero-order valence-electron chi connectivity index (χ0n) is 15.0. The molecule has 1 atom stereocenters. The van der Waals surface area contributed by atoms with E-state index in [0.29, 0.717) is 17.0 Å². The van der Waals surface area contributed by atoms with Gasteiger partial charge >= 0.3 is 165 Å². The third-order valence-electron chi connectivity index (χ3n) is 4.18. The van der Waals surface area contributed by atoms with E-state index in [1.807, 2.05) is 30.3 Å². The molecule has 0 amide bonds. The first-order valence-electron chi connectivity index (χ1n) is 8.12. The van der Waals surface area contributed by atoms with Crippen molar-refractivity contribution in [2.45, 2.75) is 17.5 Å². The van der Waals surface area contributed by atoms with Gasteiger partial charge in [0.1, 0.15) is 0 Å². The second kappa shape index (κ2) is 7.73. The number of carboxylic acids is 1. The van der Waals surface area contributed by atoms with E-state index < -0.39 is 32.1 Å². The molecule has 0 aliphatic rings. The van der Waals surface area contributed by atoms with Gasteiger partial charge in [0.2, 0.25) is 0 Å². The van der Waals surface area contributed by atoms with Crippen molar-refractivity contribution in [3.8, 4) is 22.4 Å². The fraction of sp³-hybridized carbons (Fsp3) is 0.105. The molecule has 0 aliphatic heterocycles. The summed E-state index contributed by atoms with van der Waals surface area (Å²) in [6.45, 7) is 1.76. The van der Waals surface area contributed by atoms with E-state index in [4.69, 9.17) is 9.63 Å². The van der Waals surface area contributed by atoms with Gasteiger partial charge < -0.3 is 0 Å². The van der Waals surface area contributed by atoms with Crippen LogP contribution in [0.2, 0.25) is 5.71 Å². The molecular formula is C19H16AsNO6S. The third-order valence-corrected chi connectivity index (χ3v) is 14.1. The summed E-state index contributed by atoms with van der Waals surface area (Å²) in [5.41, 5.74) is 4.15. The fourth-order valence-corrected chi connectivity index (χ4v) is 8.82. The predicted octanol–water partition coefficient (Wildman–Crippen LogP) is 2.90. The topological polar surface area (TPSA) is 115 Å². The summed E-state index contributed by atoms with van der Waals surface area (Å²) >= 11 is -3.31. The summed E-state index contributed by atoms with van der Waals surface area (Å²) in [7, 11) is -3.96. The van der Waals surface area contributed by atoms with Crippen LogP contribution in [0, 0.1) is 6.92 Å². The number of carboxylic acid groups (broad SMARTS) is 1. The second-order valence-electron chi connectivity index (χ2n) is 5.94. The molecule has 1 aromatic heterocycles. The summed E-state index contributed by atoms with van der Waals surface area (Å²) in [6.07, 6.45) is 0. The van der Waals surface area contributed by atoms with Crippen LogP contribution in [0.25, 0.3) is 22.4 Å². The van der Waals surface area contributed by atoms with E-state index in [1.165, 1.54) is 17.8 Å². The maximum atomic E-state index is 12.6. The van der Waals surface area contributed by atoms with Crippen LogP contribution in [0.1, 0.15) is 5.76 Å². The number of aromatic nitrogens is 1. The van der Waals surface area contributed by atoms with Crippen molar-refractivity contribution in [1.82, 2.24) is 5.16 Å². The van der Waals surface area contributed by atoms with E-state index in [9.17, 15) is 18.0 Å².